The van der Waals surface area contributed by atoms with Crippen LogP contribution < -0.4 is 5.32 Å². The number of nitrogens with one attached hydrogen (secondary N) is 1. The second-order valence-electron chi connectivity index (χ2n) is 19.0. The largest absolute Gasteiger partial charge is 0.394 e. The van der Waals surface area contributed by atoms with Crippen LogP contribution in [-0.4, -0.2) is 57.3 Å². The Balaban J connectivity index is 3.61. The Morgan fingerprint density at radius 1 is 0.410 bits per heavy atom. The summed E-state index contributed by atoms with van der Waals surface area (Å²) in [4.78, 5) is 12.6. The van der Waals surface area contributed by atoms with Crippen molar-refractivity contribution in [3.63, 3.8) is 0 Å². The molecule has 0 aliphatic carbocycles. The van der Waals surface area contributed by atoms with Crippen molar-refractivity contribution in [3.05, 3.63) is 24.3 Å². The van der Waals surface area contributed by atoms with Gasteiger partial charge >= 0.3 is 0 Å². The maximum atomic E-state index is 12.6. The first-order valence-electron chi connectivity index (χ1n) is 27.2. The zero-order valence-electron chi connectivity index (χ0n) is 40.9. The van der Waals surface area contributed by atoms with Crippen LogP contribution in [0.1, 0.15) is 290 Å². The van der Waals surface area contributed by atoms with E-state index in [1.807, 2.05) is 0 Å². The lowest BCUT2D eigenvalue weighted by molar-refractivity contribution is -0.132. The molecule has 0 spiro atoms. The number of allylic oxidation sites excluding steroid dienone is 4. The summed E-state index contributed by atoms with van der Waals surface area (Å²) in [5, 5.41) is 44.0. The summed E-state index contributed by atoms with van der Waals surface area (Å²) < 4.78 is 0. The van der Waals surface area contributed by atoms with E-state index in [0.717, 1.165) is 44.9 Å². The molecule has 4 unspecified atom stereocenters. The third-order valence-corrected chi connectivity index (χ3v) is 12.9. The molecule has 61 heavy (non-hydrogen) atoms. The summed E-state index contributed by atoms with van der Waals surface area (Å²) >= 11 is 0. The van der Waals surface area contributed by atoms with Crippen LogP contribution in [-0.2, 0) is 4.79 Å². The van der Waals surface area contributed by atoms with Gasteiger partial charge in [0.2, 0.25) is 5.91 Å². The molecule has 6 nitrogen and oxygen atoms in total. The summed E-state index contributed by atoms with van der Waals surface area (Å²) in [5.41, 5.74) is 0. The molecular weight excluding hydrogens is 755 g/mol. The van der Waals surface area contributed by atoms with Crippen LogP contribution in [0.15, 0.2) is 24.3 Å². The van der Waals surface area contributed by atoms with Crippen molar-refractivity contribution in [2.45, 2.75) is 314 Å². The number of hydrogen-bond acceptors (Lipinski definition) is 5. The fourth-order valence-corrected chi connectivity index (χ4v) is 8.63. The zero-order chi connectivity index (χ0) is 44.5. The molecule has 0 bridgehead atoms. The van der Waals surface area contributed by atoms with Gasteiger partial charge in [-0.3, -0.25) is 4.79 Å². The normalized spacial score (nSPS) is 14.0. The van der Waals surface area contributed by atoms with E-state index in [1.54, 1.807) is 0 Å². The topological polar surface area (TPSA) is 110 Å². The average Bonchev–Trinajstić information content (AvgIpc) is 3.26. The standard InChI is InChI=1S/C55H107NO5/c1-3-5-7-9-11-13-15-17-19-21-23-24-25-26-27-28-29-30-31-33-34-36-38-40-42-44-46-48-52(58)54(60)51(50-57)56-55(61)53(59)49-47-45-43-41-39-37-35-32-22-20-18-16-14-12-10-8-6-4-2/h12,14,16,18,51-54,57-60H,3-11,13,15,17,19-50H2,1-2H3,(H,56,61)/b14-12-,18-16-. The molecule has 0 aromatic rings. The van der Waals surface area contributed by atoms with Crippen LogP contribution in [0, 0.1) is 0 Å². The first-order valence-corrected chi connectivity index (χ1v) is 27.2. The lowest BCUT2D eigenvalue weighted by Gasteiger charge is -2.27. The summed E-state index contributed by atoms with van der Waals surface area (Å²) in [6.07, 6.45) is 59.5. The Kier molecular flexibility index (Phi) is 48.8. The van der Waals surface area contributed by atoms with E-state index in [1.165, 1.54) is 218 Å². The van der Waals surface area contributed by atoms with E-state index in [4.69, 9.17) is 0 Å². The van der Waals surface area contributed by atoms with Gasteiger partial charge in [-0.15, -0.1) is 0 Å². The van der Waals surface area contributed by atoms with Crippen molar-refractivity contribution >= 4 is 5.91 Å². The van der Waals surface area contributed by atoms with Gasteiger partial charge in [0, 0.05) is 0 Å². The Hall–Kier alpha value is -1.21. The van der Waals surface area contributed by atoms with E-state index in [0.29, 0.717) is 12.8 Å². The first-order chi connectivity index (χ1) is 30.0. The molecule has 1 amide bonds. The number of carbonyl (C=O) groups is 1. The molecule has 4 atom stereocenters. The van der Waals surface area contributed by atoms with Gasteiger partial charge in [-0.05, 0) is 38.5 Å². The minimum absolute atomic E-state index is 0.365. The monoisotopic (exact) mass is 862 g/mol. The van der Waals surface area contributed by atoms with Gasteiger partial charge in [0.1, 0.15) is 12.2 Å². The predicted octanol–water partition coefficient (Wildman–Crippen LogP) is 15.5. The van der Waals surface area contributed by atoms with Gasteiger partial charge in [-0.25, -0.2) is 0 Å². The van der Waals surface area contributed by atoms with Crippen molar-refractivity contribution < 1.29 is 25.2 Å². The quantitative estimate of drug-likeness (QED) is 0.0309. The van der Waals surface area contributed by atoms with Crippen LogP contribution in [0.25, 0.3) is 0 Å². The molecular formula is C55H107NO5. The molecule has 0 saturated heterocycles. The summed E-state index contributed by atoms with van der Waals surface area (Å²) in [7, 11) is 0. The molecule has 6 heteroatoms. The van der Waals surface area contributed by atoms with E-state index < -0.39 is 36.9 Å². The lowest BCUT2D eigenvalue weighted by Crippen LogP contribution is -2.53. The van der Waals surface area contributed by atoms with Gasteiger partial charge < -0.3 is 25.7 Å². The minimum atomic E-state index is -1.26. The zero-order valence-corrected chi connectivity index (χ0v) is 40.9. The second-order valence-corrected chi connectivity index (χ2v) is 19.0. The molecule has 362 valence electrons. The van der Waals surface area contributed by atoms with Gasteiger partial charge in [0.15, 0.2) is 0 Å². The van der Waals surface area contributed by atoms with Crippen LogP contribution in [0.2, 0.25) is 0 Å². The molecule has 0 fully saturated rings. The van der Waals surface area contributed by atoms with Gasteiger partial charge in [-0.1, -0.05) is 276 Å². The maximum Gasteiger partial charge on any atom is 0.249 e. The number of aliphatic hydroxyl groups is 4. The maximum absolute atomic E-state index is 12.6. The van der Waals surface area contributed by atoms with Crippen LogP contribution in [0.4, 0.5) is 0 Å². The third-order valence-electron chi connectivity index (χ3n) is 12.9. The van der Waals surface area contributed by atoms with Crippen molar-refractivity contribution in [3.8, 4) is 0 Å². The van der Waals surface area contributed by atoms with Crippen LogP contribution >= 0.6 is 0 Å². The molecule has 0 aliphatic heterocycles. The highest BCUT2D eigenvalue weighted by Gasteiger charge is 2.28. The smallest absolute Gasteiger partial charge is 0.249 e. The number of unbranched alkanes of at least 4 members (excludes halogenated alkanes) is 38. The third kappa shape index (κ3) is 43.8. The van der Waals surface area contributed by atoms with Crippen LogP contribution in [0.5, 0.6) is 0 Å². The van der Waals surface area contributed by atoms with Crippen molar-refractivity contribution in [1.29, 1.82) is 0 Å². The minimum Gasteiger partial charge on any atom is -0.394 e. The number of hydrogen-bond donors (Lipinski definition) is 5. The summed E-state index contributed by atoms with van der Waals surface area (Å²) in [6, 6.07) is -0.987. The molecule has 5 N–H and O–H groups in total. The van der Waals surface area contributed by atoms with E-state index >= 15 is 0 Å². The van der Waals surface area contributed by atoms with Gasteiger partial charge in [0.05, 0.1) is 18.8 Å². The predicted molar refractivity (Wildman–Crippen MR) is 265 cm³/mol. The van der Waals surface area contributed by atoms with Gasteiger partial charge in [-0.2, -0.15) is 0 Å². The van der Waals surface area contributed by atoms with Crippen molar-refractivity contribution in [2.24, 2.45) is 0 Å². The summed E-state index contributed by atoms with van der Waals surface area (Å²) in [5.74, 6) is -0.585. The molecule has 0 heterocycles. The SMILES string of the molecule is CCCCC/C=C\C=C/CCCCCCCCCCCC(O)C(=O)NC(CO)C(O)C(O)CCCCCCCCCCCCCCCCCCCCCCCCCCCCC. The Bertz CT molecular complexity index is 924. The van der Waals surface area contributed by atoms with E-state index in [-0.39, 0.29) is 0 Å². The highest BCUT2D eigenvalue weighted by atomic mass is 16.3. The number of carbonyl (C=O) groups excluding carboxylic acids is 1. The van der Waals surface area contributed by atoms with Crippen LogP contribution in [0.3, 0.4) is 0 Å². The molecule has 0 rings (SSSR count). The van der Waals surface area contributed by atoms with Gasteiger partial charge in [0.25, 0.3) is 0 Å². The fourth-order valence-electron chi connectivity index (χ4n) is 8.63. The summed E-state index contributed by atoms with van der Waals surface area (Å²) in [6.45, 7) is 4.05. The molecule has 0 saturated carbocycles. The van der Waals surface area contributed by atoms with E-state index in [2.05, 4.69) is 43.5 Å². The molecule has 0 aromatic heterocycles. The van der Waals surface area contributed by atoms with Crippen molar-refractivity contribution in [1.82, 2.24) is 5.32 Å². The number of aliphatic hydroxyl groups excluding tert-OH is 4. The highest BCUT2D eigenvalue weighted by Crippen LogP contribution is 2.18. The lowest BCUT2D eigenvalue weighted by atomic mass is 9.99. The van der Waals surface area contributed by atoms with Crippen molar-refractivity contribution in [2.75, 3.05) is 6.61 Å². The molecule has 0 aromatic carbocycles. The Morgan fingerprint density at radius 3 is 1.03 bits per heavy atom. The van der Waals surface area contributed by atoms with E-state index in [9.17, 15) is 25.2 Å². The molecule has 0 radical (unpaired) electrons. The Morgan fingerprint density at radius 2 is 0.689 bits per heavy atom. The highest BCUT2D eigenvalue weighted by molar-refractivity contribution is 5.80. The first kappa shape index (κ1) is 59.8. The average molecular weight is 862 g/mol. The Labute approximate surface area is 380 Å². The fraction of sp³-hybridized carbons (Fsp3) is 0.909. The molecule has 0 aliphatic rings. The second kappa shape index (κ2) is 49.8. The number of amides is 1. The number of rotatable bonds is 50.